The topological polar surface area (TPSA) is 81.3 Å². The summed E-state index contributed by atoms with van der Waals surface area (Å²) in [7, 11) is 0. The average molecular weight is 403 g/mol. The smallest absolute Gasteiger partial charge is 0.262 e. The molecule has 1 fully saturated rings. The molecule has 9 heteroatoms. The molecular weight excluding hydrogens is 381 g/mol. The first kappa shape index (κ1) is 18.9. The second kappa shape index (κ2) is 7.90. The van der Waals surface area contributed by atoms with Gasteiger partial charge in [-0.05, 0) is 37.5 Å². The van der Waals surface area contributed by atoms with Crippen LogP contribution in [0.25, 0.3) is 16.7 Å². The molecule has 0 saturated heterocycles. The van der Waals surface area contributed by atoms with E-state index in [0.29, 0.717) is 23.0 Å². The number of nitrogens with one attached hydrogen (secondary N) is 1. The molecule has 148 valence electrons. The summed E-state index contributed by atoms with van der Waals surface area (Å²) in [4.78, 5) is 25.1. The van der Waals surface area contributed by atoms with Gasteiger partial charge in [0.1, 0.15) is 5.82 Å². The Bertz CT molecular complexity index is 1090. The average Bonchev–Trinajstić information content (AvgIpc) is 3.33. The van der Waals surface area contributed by atoms with Gasteiger partial charge in [0.2, 0.25) is 11.7 Å². The summed E-state index contributed by atoms with van der Waals surface area (Å²) in [5.74, 6) is 0.119. The molecule has 1 amide bonds. The number of thioether (sulfide) groups is 1. The van der Waals surface area contributed by atoms with Gasteiger partial charge >= 0.3 is 0 Å². The van der Waals surface area contributed by atoms with E-state index in [1.807, 2.05) is 6.92 Å². The van der Waals surface area contributed by atoms with Gasteiger partial charge in [-0.2, -0.15) is 0 Å². The van der Waals surface area contributed by atoms with Crippen molar-refractivity contribution < 1.29 is 9.18 Å². The number of fused-ring (bicyclic) bond motifs is 3. The highest BCUT2D eigenvalue weighted by Gasteiger charge is 2.20. The Morgan fingerprint density at radius 1 is 1.32 bits per heavy atom. The van der Waals surface area contributed by atoms with Crippen LogP contribution in [0.2, 0.25) is 0 Å². The van der Waals surface area contributed by atoms with Crippen LogP contribution in [0, 0.1) is 5.82 Å². The quantitative estimate of drug-likeness (QED) is 0.640. The second-order valence-electron chi connectivity index (χ2n) is 7.07. The molecule has 1 aliphatic rings. The lowest BCUT2D eigenvalue weighted by Gasteiger charge is -2.12. The van der Waals surface area contributed by atoms with E-state index in [1.165, 1.54) is 28.5 Å². The summed E-state index contributed by atoms with van der Waals surface area (Å²) < 4.78 is 17.0. The third kappa shape index (κ3) is 3.50. The Balaban J connectivity index is 1.70. The maximum Gasteiger partial charge on any atom is 0.262 e. The van der Waals surface area contributed by atoms with Gasteiger partial charge in [-0.15, -0.1) is 10.2 Å². The summed E-state index contributed by atoms with van der Waals surface area (Å²) in [6.07, 6.45) is 5.11. The van der Waals surface area contributed by atoms with E-state index in [0.717, 1.165) is 32.1 Å². The van der Waals surface area contributed by atoms with E-state index in [2.05, 4.69) is 15.5 Å². The molecule has 2 aromatic heterocycles. The zero-order valence-electron chi connectivity index (χ0n) is 15.7. The van der Waals surface area contributed by atoms with E-state index in [4.69, 9.17) is 0 Å². The monoisotopic (exact) mass is 403 g/mol. The first-order chi connectivity index (χ1) is 13.6. The number of halogens is 1. The largest absolute Gasteiger partial charge is 0.353 e. The van der Waals surface area contributed by atoms with Gasteiger partial charge in [0, 0.05) is 12.6 Å². The standard InChI is InChI=1S/C19H22FN5O2S/c1-2-9-24-17(27)14-10-12(20)7-8-15(14)25-18(24)22-23-19(25)28-11-16(26)21-13-5-3-4-6-13/h7-8,10,13H,2-6,9,11H2,1H3,(H,21,26). The number of aryl methyl sites for hydroxylation is 1. The SMILES string of the molecule is CCCn1c(=O)c2cc(F)ccc2n2c(SCC(=O)NC3CCCC3)nnc12. The Hall–Kier alpha value is -2.42. The van der Waals surface area contributed by atoms with Crippen molar-refractivity contribution >= 4 is 34.3 Å². The number of hydrogen-bond donors (Lipinski definition) is 1. The zero-order chi connectivity index (χ0) is 19.7. The lowest BCUT2D eigenvalue weighted by molar-refractivity contribution is -0.119. The Kier molecular flexibility index (Phi) is 5.34. The maximum absolute atomic E-state index is 13.8. The van der Waals surface area contributed by atoms with Crippen LogP contribution in [-0.4, -0.2) is 36.9 Å². The van der Waals surface area contributed by atoms with Crippen molar-refractivity contribution in [1.82, 2.24) is 24.5 Å². The number of amides is 1. The lowest BCUT2D eigenvalue weighted by atomic mass is 10.2. The summed E-state index contributed by atoms with van der Waals surface area (Å²) in [5.41, 5.74) is 0.254. The first-order valence-electron chi connectivity index (χ1n) is 9.58. The van der Waals surface area contributed by atoms with Crippen LogP contribution in [0.1, 0.15) is 39.0 Å². The van der Waals surface area contributed by atoms with Crippen molar-refractivity contribution in [3.63, 3.8) is 0 Å². The predicted molar refractivity (Wildman–Crippen MR) is 106 cm³/mol. The molecule has 28 heavy (non-hydrogen) atoms. The summed E-state index contributed by atoms with van der Waals surface area (Å²) >= 11 is 1.27. The van der Waals surface area contributed by atoms with Crippen LogP contribution in [0.4, 0.5) is 4.39 Å². The molecule has 2 heterocycles. The van der Waals surface area contributed by atoms with Crippen LogP contribution >= 0.6 is 11.8 Å². The zero-order valence-corrected chi connectivity index (χ0v) is 16.5. The van der Waals surface area contributed by atoms with E-state index in [-0.39, 0.29) is 28.6 Å². The van der Waals surface area contributed by atoms with Crippen LogP contribution < -0.4 is 10.9 Å². The molecule has 0 spiro atoms. The van der Waals surface area contributed by atoms with Crippen LogP contribution in [0.5, 0.6) is 0 Å². The molecule has 0 atom stereocenters. The molecule has 0 unspecified atom stereocenters. The summed E-state index contributed by atoms with van der Waals surface area (Å²) in [6, 6.07) is 4.38. The number of nitrogens with zero attached hydrogens (tertiary/aromatic N) is 4. The second-order valence-corrected chi connectivity index (χ2v) is 8.02. The molecule has 3 aromatic rings. The van der Waals surface area contributed by atoms with Gasteiger partial charge in [0.15, 0.2) is 5.16 Å². The molecular formula is C19H22FN5O2S. The predicted octanol–water partition coefficient (Wildman–Crippen LogP) is 2.74. The molecule has 0 aliphatic heterocycles. The number of hydrogen-bond acceptors (Lipinski definition) is 5. The van der Waals surface area contributed by atoms with Gasteiger partial charge in [-0.3, -0.25) is 18.6 Å². The highest BCUT2D eigenvalue weighted by atomic mass is 32.2. The first-order valence-corrected chi connectivity index (χ1v) is 10.6. The van der Waals surface area contributed by atoms with Crippen LogP contribution in [-0.2, 0) is 11.3 Å². The van der Waals surface area contributed by atoms with E-state index in [9.17, 15) is 14.0 Å². The minimum absolute atomic E-state index is 0.0362. The minimum Gasteiger partial charge on any atom is -0.353 e. The number of rotatable bonds is 6. The maximum atomic E-state index is 13.8. The van der Waals surface area contributed by atoms with Crippen molar-refractivity contribution in [2.24, 2.45) is 0 Å². The minimum atomic E-state index is -0.467. The molecule has 1 aromatic carbocycles. The van der Waals surface area contributed by atoms with Crippen molar-refractivity contribution in [2.75, 3.05) is 5.75 Å². The van der Waals surface area contributed by atoms with Gasteiger partial charge in [-0.25, -0.2) is 4.39 Å². The molecule has 0 radical (unpaired) electrons. The Morgan fingerprint density at radius 3 is 2.86 bits per heavy atom. The van der Waals surface area contributed by atoms with Gasteiger partial charge in [0.05, 0.1) is 16.7 Å². The molecule has 4 rings (SSSR count). The van der Waals surface area contributed by atoms with Crippen molar-refractivity contribution in [2.45, 2.75) is 56.8 Å². The summed E-state index contributed by atoms with van der Waals surface area (Å²) in [6.45, 7) is 2.41. The van der Waals surface area contributed by atoms with Gasteiger partial charge < -0.3 is 5.32 Å². The van der Waals surface area contributed by atoms with Crippen molar-refractivity contribution in [3.8, 4) is 0 Å². The van der Waals surface area contributed by atoms with Gasteiger partial charge in [-0.1, -0.05) is 31.5 Å². The molecule has 0 bridgehead atoms. The third-order valence-corrected chi connectivity index (χ3v) is 5.96. The van der Waals surface area contributed by atoms with E-state index in [1.54, 1.807) is 10.5 Å². The molecule has 7 nitrogen and oxygen atoms in total. The van der Waals surface area contributed by atoms with Crippen LogP contribution in [0.15, 0.2) is 28.2 Å². The Morgan fingerprint density at radius 2 is 2.11 bits per heavy atom. The number of aromatic nitrogens is 4. The lowest BCUT2D eigenvalue weighted by Crippen LogP contribution is -2.33. The highest BCUT2D eigenvalue weighted by molar-refractivity contribution is 7.99. The number of benzene rings is 1. The normalized spacial score (nSPS) is 14.9. The van der Waals surface area contributed by atoms with Gasteiger partial charge in [0.25, 0.3) is 5.56 Å². The van der Waals surface area contributed by atoms with E-state index >= 15 is 0 Å². The highest BCUT2D eigenvalue weighted by Crippen LogP contribution is 2.23. The Labute approximate surface area is 165 Å². The fraction of sp³-hybridized carbons (Fsp3) is 0.474. The third-order valence-electron chi connectivity index (χ3n) is 5.03. The fourth-order valence-corrected chi connectivity index (χ4v) is 4.50. The van der Waals surface area contributed by atoms with Crippen molar-refractivity contribution in [1.29, 1.82) is 0 Å². The number of carbonyl (C=O) groups is 1. The molecule has 1 saturated carbocycles. The molecule has 1 N–H and O–H groups in total. The number of carbonyl (C=O) groups excluding carboxylic acids is 1. The summed E-state index contributed by atoms with van der Waals surface area (Å²) in [5, 5.41) is 12.2. The fourth-order valence-electron chi connectivity index (χ4n) is 3.75. The molecule has 1 aliphatic carbocycles. The van der Waals surface area contributed by atoms with Crippen molar-refractivity contribution in [3.05, 3.63) is 34.4 Å². The van der Waals surface area contributed by atoms with E-state index < -0.39 is 5.82 Å². The van der Waals surface area contributed by atoms with Crippen LogP contribution in [0.3, 0.4) is 0 Å².